The van der Waals surface area contributed by atoms with Crippen LogP contribution in [0.3, 0.4) is 0 Å². The van der Waals surface area contributed by atoms with Crippen molar-refractivity contribution in [3.05, 3.63) is 29.8 Å². The summed E-state index contributed by atoms with van der Waals surface area (Å²) in [7, 11) is 0. The molecule has 3 fully saturated rings. The van der Waals surface area contributed by atoms with Crippen LogP contribution in [-0.2, 0) is 4.74 Å². The van der Waals surface area contributed by atoms with E-state index in [1.54, 1.807) is 0 Å². The van der Waals surface area contributed by atoms with E-state index in [4.69, 9.17) is 9.47 Å². The normalized spacial score (nSPS) is 32.3. The Morgan fingerprint density at radius 1 is 1.20 bits per heavy atom. The summed E-state index contributed by atoms with van der Waals surface area (Å²) in [6.07, 6.45) is 6.44. The highest BCUT2D eigenvalue weighted by molar-refractivity contribution is 5.75. The van der Waals surface area contributed by atoms with Crippen molar-refractivity contribution in [2.45, 2.75) is 50.2 Å². The lowest BCUT2D eigenvalue weighted by molar-refractivity contribution is -0.0359. The van der Waals surface area contributed by atoms with Gasteiger partial charge < -0.3 is 19.7 Å². The lowest BCUT2D eigenvalue weighted by Crippen LogP contribution is -2.51. The number of amides is 2. The fourth-order valence-electron chi connectivity index (χ4n) is 4.94. The number of carbonyl (C=O) groups is 1. The summed E-state index contributed by atoms with van der Waals surface area (Å²) in [4.78, 5) is 14.9. The standard InChI is InChI=1S/C20H26N2O3/c23-18(22-10-8-19(13-22)9-11-24-14-19)21-16-12-20(6-3-7-20)25-17-5-2-1-4-15(16)17/h1-2,4-5,16H,3,6-14H2,(H,21,23)/t16-,19-/m0/s1. The number of hydrogen-bond acceptors (Lipinski definition) is 3. The second-order valence-corrected chi connectivity index (χ2v) is 8.36. The maximum absolute atomic E-state index is 12.9. The van der Waals surface area contributed by atoms with Gasteiger partial charge in [-0.2, -0.15) is 0 Å². The van der Waals surface area contributed by atoms with Crippen LogP contribution in [0.1, 0.15) is 50.1 Å². The van der Waals surface area contributed by atoms with Gasteiger partial charge in [0.25, 0.3) is 0 Å². The highest BCUT2D eigenvalue weighted by atomic mass is 16.5. The molecule has 0 unspecified atom stereocenters. The number of carbonyl (C=O) groups excluding carboxylic acids is 1. The lowest BCUT2D eigenvalue weighted by atomic mass is 9.73. The van der Waals surface area contributed by atoms with Gasteiger partial charge in [0.15, 0.2) is 0 Å². The van der Waals surface area contributed by atoms with E-state index in [1.807, 2.05) is 23.1 Å². The van der Waals surface area contributed by atoms with E-state index in [2.05, 4.69) is 11.4 Å². The first kappa shape index (κ1) is 15.5. The van der Waals surface area contributed by atoms with Crippen LogP contribution in [0.15, 0.2) is 24.3 Å². The fourth-order valence-corrected chi connectivity index (χ4v) is 4.94. The van der Waals surface area contributed by atoms with Gasteiger partial charge in [-0.25, -0.2) is 4.79 Å². The number of para-hydroxylation sites is 1. The van der Waals surface area contributed by atoms with E-state index in [0.29, 0.717) is 0 Å². The zero-order chi connectivity index (χ0) is 16.9. The average Bonchev–Trinajstić information content (AvgIpc) is 3.23. The quantitative estimate of drug-likeness (QED) is 0.852. The minimum Gasteiger partial charge on any atom is -0.487 e. The minimum atomic E-state index is -0.0577. The third-order valence-electron chi connectivity index (χ3n) is 6.67. The molecule has 0 bridgehead atoms. The lowest BCUT2D eigenvalue weighted by Gasteiger charge is -2.48. The zero-order valence-electron chi connectivity index (χ0n) is 14.6. The molecule has 1 aliphatic carbocycles. The molecule has 134 valence electrons. The molecule has 5 rings (SSSR count). The van der Waals surface area contributed by atoms with Gasteiger partial charge in [-0.15, -0.1) is 0 Å². The number of likely N-dealkylation sites (tertiary alicyclic amines) is 1. The minimum absolute atomic E-state index is 0.0501. The van der Waals surface area contributed by atoms with Gasteiger partial charge in [-0.3, -0.25) is 0 Å². The molecule has 0 aromatic heterocycles. The number of urea groups is 1. The van der Waals surface area contributed by atoms with Crippen molar-refractivity contribution in [1.82, 2.24) is 10.2 Å². The molecule has 2 amide bonds. The summed E-state index contributed by atoms with van der Waals surface area (Å²) in [6.45, 7) is 3.31. The highest BCUT2D eigenvalue weighted by Gasteiger charge is 2.47. The molecule has 2 saturated heterocycles. The Kier molecular flexibility index (Phi) is 3.49. The second kappa shape index (κ2) is 5.63. The molecule has 5 nitrogen and oxygen atoms in total. The fraction of sp³-hybridized carbons (Fsp3) is 0.650. The summed E-state index contributed by atoms with van der Waals surface area (Å²) in [5, 5.41) is 3.31. The summed E-state index contributed by atoms with van der Waals surface area (Å²) in [5.41, 5.74) is 1.27. The molecule has 1 aromatic carbocycles. The number of rotatable bonds is 1. The summed E-state index contributed by atoms with van der Waals surface area (Å²) in [5.74, 6) is 0.945. The molecule has 0 radical (unpaired) electrons. The molecule has 1 saturated carbocycles. The molecular weight excluding hydrogens is 316 g/mol. The third-order valence-corrected chi connectivity index (χ3v) is 6.67. The highest BCUT2D eigenvalue weighted by Crippen LogP contribution is 2.49. The van der Waals surface area contributed by atoms with Crippen molar-refractivity contribution in [3.63, 3.8) is 0 Å². The van der Waals surface area contributed by atoms with Crippen LogP contribution >= 0.6 is 0 Å². The van der Waals surface area contributed by atoms with Gasteiger partial charge in [0, 0.05) is 37.1 Å². The number of benzene rings is 1. The van der Waals surface area contributed by atoms with E-state index in [0.717, 1.165) is 69.7 Å². The molecule has 3 heterocycles. The van der Waals surface area contributed by atoms with Gasteiger partial charge in [0.1, 0.15) is 11.4 Å². The van der Waals surface area contributed by atoms with Crippen LogP contribution in [-0.4, -0.2) is 42.8 Å². The Bertz CT molecular complexity index is 679. The van der Waals surface area contributed by atoms with Crippen molar-refractivity contribution in [3.8, 4) is 5.75 Å². The first-order chi connectivity index (χ1) is 12.2. The molecule has 2 spiro atoms. The van der Waals surface area contributed by atoms with Crippen molar-refractivity contribution in [2.75, 3.05) is 26.3 Å². The Balaban J connectivity index is 1.32. The average molecular weight is 342 g/mol. The number of fused-ring (bicyclic) bond motifs is 1. The predicted octanol–water partition coefficient (Wildman–Crippen LogP) is 3.25. The predicted molar refractivity (Wildman–Crippen MR) is 93.6 cm³/mol. The van der Waals surface area contributed by atoms with Crippen molar-refractivity contribution >= 4 is 6.03 Å². The second-order valence-electron chi connectivity index (χ2n) is 8.36. The molecule has 25 heavy (non-hydrogen) atoms. The molecule has 4 aliphatic rings. The van der Waals surface area contributed by atoms with Crippen molar-refractivity contribution < 1.29 is 14.3 Å². The van der Waals surface area contributed by atoms with E-state index >= 15 is 0 Å². The Morgan fingerprint density at radius 2 is 2.08 bits per heavy atom. The van der Waals surface area contributed by atoms with Crippen LogP contribution in [0.2, 0.25) is 0 Å². The van der Waals surface area contributed by atoms with Gasteiger partial charge in [0.2, 0.25) is 0 Å². The molecule has 1 N–H and O–H groups in total. The molecular formula is C20H26N2O3. The molecule has 2 atom stereocenters. The van der Waals surface area contributed by atoms with Gasteiger partial charge in [-0.1, -0.05) is 18.2 Å². The first-order valence-corrected chi connectivity index (χ1v) is 9.58. The number of ether oxygens (including phenoxy) is 2. The van der Waals surface area contributed by atoms with Crippen LogP contribution in [0.25, 0.3) is 0 Å². The van der Waals surface area contributed by atoms with Crippen LogP contribution in [0, 0.1) is 5.41 Å². The van der Waals surface area contributed by atoms with E-state index in [9.17, 15) is 4.79 Å². The molecule has 5 heteroatoms. The van der Waals surface area contributed by atoms with E-state index < -0.39 is 0 Å². The first-order valence-electron chi connectivity index (χ1n) is 9.58. The van der Waals surface area contributed by atoms with E-state index in [1.165, 1.54) is 6.42 Å². The van der Waals surface area contributed by atoms with Gasteiger partial charge in [-0.05, 0) is 38.2 Å². The Morgan fingerprint density at radius 3 is 2.84 bits per heavy atom. The van der Waals surface area contributed by atoms with Crippen LogP contribution in [0.5, 0.6) is 5.75 Å². The largest absolute Gasteiger partial charge is 0.487 e. The smallest absolute Gasteiger partial charge is 0.317 e. The maximum atomic E-state index is 12.9. The summed E-state index contributed by atoms with van der Waals surface area (Å²) >= 11 is 0. The molecule has 1 aromatic rings. The summed E-state index contributed by atoms with van der Waals surface area (Å²) < 4.78 is 11.9. The zero-order valence-corrected chi connectivity index (χ0v) is 14.6. The van der Waals surface area contributed by atoms with E-state index in [-0.39, 0.29) is 23.1 Å². The van der Waals surface area contributed by atoms with Crippen molar-refractivity contribution in [1.29, 1.82) is 0 Å². The number of nitrogens with zero attached hydrogens (tertiary/aromatic N) is 1. The number of hydrogen-bond donors (Lipinski definition) is 1. The topological polar surface area (TPSA) is 50.8 Å². The SMILES string of the molecule is O=C(N[C@H]1CC2(CCC2)Oc2ccccc21)N1CC[C@]2(CCOC2)C1. The number of nitrogens with one attached hydrogen (secondary N) is 1. The Labute approximate surface area is 148 Å². The van der Waals surface area contributed by atoms with Gasteiger partial charge >= 0.3 is 6.03 Å². The summed E-state index contributed by atoms with van der Waals surface area (Å²) in [6, 6.07) is 8.28. The third kappa shape index (κ3) is 2.60. The van der Waals surface area contributed by atoms with Crippen LogP contribution in [0.4, 0.5) is 4.79 Å². The molecule has 3 aliphatic heterocycles. The Hall–Kier alpha value is -1.75. The van der Waals surface area contributed by atoms with Crippen molar-refractivity contribution in [2.24, 2.45) is 5.41 Å². The maximum Gasteiger partial charge on any atom is 0.317 e. The van der Waals surface area contributed by atoms with Crippen LogP contribution < -0.4 is 10.1 Å². The monoisotopic (exact) mass is 342 g/mol. The van der Waals surface area contributed by atoms with Gasteiger partial charge in [0.05, 0.1) is 12.6 Å².